The monoisotopic (exact) mass is 228 g/mol. The number of nitrogens with zero attached hydrogens (tertiary/aromatic N) is 3. The van der Waals surface area contributed by atoms with Crippen molar-refractivity contribution >= 4 is 23.9 Å². The molecule has 90 valence electrons. The molecular weight excluding hydrogens is 212 g/mol. The summed E-state index contributed by atoms with van der Waals surface area (Å²) in [7, 11) is 1.58. The number of oxime groups is 1. The maximum Gasteiger partial charge on any atom is 0.286 e. The molecule has 2 amide bonds. The molecule has 0 fully saturated rings. The Labute approximate surface area is 93.8 Å². The molecule has 2 N–H and O–H groups in total. The molecule has 0 spiro atoms. The van der Waals surface area contributed by atoms with E-state index in [1.807, 2.05) is 0 Å². The zero-order valence-electron chi connectivity index (χ0n) is 9.60. The molecule has 0 atom stereocenters. The first-order valence-electron chi connectivity index (χ1n) is 4.81. The van der Waals surface area contributed by atoms with E-state index in [0.29, 0.717) is 13.0 Å². The van der Waals surface area contributed by atoms with E-state index < -0.39 is 11.6 Å². The summed E-state index contributed by atoms with van der Waals surface area (Å²) in [6.45, 7) is 4.03. The number of hydrogen-bond donors (Lipinski definition) is 2. The Balaban J connectivity index is 4.95. The van der Waals surface area contributed by atoms with Crippen LogP contribution in [0.5, 0.6) is 0 Å². The van der Waals surface area contributed by atoms with Gasteiger partial charge in [-0.3, -0.25) is 19.9 Å². The number of amidine groups is 1. The minimum Gasteiger partial charge on any atom is -0.410 e. The Kier molecular flexibility index (Phi) is 5.76. The molecule has 7 nitrogen and oxygen atoms in total. The first-order chi connectivity index (χ1) is 7.53. The van der Waals surface area contributed by atoms with Crippen molar-refractivity contribution in [1.82, 2.24) is 9.80 Å². The van der Waals surface area contributed by atoms with Crippen molar-refractivity contribution in [2.75, 3.05) is 20.1 Å². The molecule has 0 aromatic heterocycles. The highest BCUT2D eigenvalue weighted by molar-refractivity contribution is 6.66. The van der Waals surface area contributed by atoms with Crippen LogP contribution in [0.4, 0.5) is 0 Å². The van der Waals surface area contributed by atoms with E-state index in [2.05, 4.69) is 5.16 Å². The third-order valence-corrected chi connectivity index (χ3v) is 2.11. The molecule has 0 bridgehead atoms. The van der Waals surface area contributed by atoms with Crippen molar-refractivity contribution < 1.29 is 14.8 Å². The molecule has 0 unspecified atom stereocenters. The van der Waals surface area contributed by atoms with Crippen LogP contribution >= 0.6 is 0 Å². The van der Waals surface area contributed by atoms with Crippen molar-refractivity contribution in [2.45, 2.75) is 13.8 Å². The second-order valence-corrected chi connectivity index (χ2v) is 3.01. The lowest BCUT2D eigenvalue weighted by atomic mass is 10.2. The summed E-state index contributed by atoms with van der Waals surface area (Å²) in [4.78, 5) is 24.4. The number of amides is 2. The number of nitrogens with one attached hydrogen (secondary N) is 1. The molecule has 0 rings (SSSR count). The fourth-order valence-corrected chi connectivity index (χ4v) is 0.932. The van der Waals surface area contributed by atoms with E-state index in [1.165, 1.54) is 4.90 Å². The first-order valence-corrected chi connectivity index (χ1v) is 4.81. The predicted octanol–water partition coefficient (Wildman–Crippen LogP) is -0.250. The highest BCUT2D eigenvalue weighted by Gasteiger charge is 2.24. The zero-order valence-corrected chi connectivity index (χ0v) is 9.60. The Morgan fingerprint density at radius 3 is 2.31 bits per heavy atom. The van der Waals surface area contributed by atoms with Gasteiger partial charge in [0.1, 0.15) is 0 Å². The number of rotatable bonds is 5. The molecule has 0 saturated heterocycles. The van der Waals surface area contributed by atoms with Crippen molar-refractivity contribution in [3.8, 4) is 0 Å². The third kappa shape index (κ3) is 3.04. The standard InChI is InChI=1S/C9H16N4O3/c1-4-12(3)8(10)7(11-16)9(15)13(5-2)6-14/h6,10,16H,4-5H2,1-3H3. The van der Waals surface area contributed by atoms with Crippen LogP contribution in [0.15, 0.2) is 5.16 Å². The summed E-state index contributed by atoms with van der Waals surface area (Å²) in [6, 6.07) is 0. The molecule has 0 saturated carbocycles. The lowest BCUT2D eigenvalue weighted by Gasteiger charge is -2.19. The Morgan fingerprint density at radius 1 is 1.44 bits per heavy atom. The quantitative estimate of drug-likeness (QED) is 0.223. The van der Waals surface area contributed by atoms with Crippen LogP contribution in [-0.4, -0.2) is 59.0 Å². The number of carbonyl (C=O) groups excluding carboxylic acids is 2. The minimum atomic E-state index is -0.787. The van der Waals surface area contributed by atoms with Gasteiger partial charge in [-0.1, -0.05) is 5.16 Å². The van der Waals surface area contributed by atoms with Gasteiger partial charge in [0.2, 0.25) is 12.1 Å². The van der Waals surface area contributed by atoms with E-state index in [4.69, 9.17) is 10.6 Å². The van der Waals surface area contributed by atoms with Crippen LogP contribution in [0, 0.1) is 5.41 Å². The Hall–Kier alpha value is -1.92. The highest BCUT2D eigenvalue weighted by atomic mass is 16.4. The van der Waals surface area contributed by atoms with Gasteiger partial charge in [0.25, 0.3) is 5.91 Å². The third-order valence-electron chi connectivity index (χ3n) is 2.11. The van der Waals surface area contributed by atoms with Crippen molar-refractivity contribution in [3.05, 3.63) is 0 Å². The molecular formula is C9H16N4O3. The normalized spacial score (nSPS) is 10.8. The number of carbonyl (C=O) groups is 2. The summed E-state index contributed by atoms with van der Waals surface area (Å²) in [6.07, 6.45) is 0.340. The molecule has 0 radical (unpaired) electrons. The fraction of sp³-hybridized carbons (Fsp3) is 0.556. The van der Waals surface area contributed by atoms with Gasteiger partial charge in [-0.05, 0) is 13.8 Å². The van der Waals surface area contributed by atoms with E-state index >= 15 is 0 Å². The van der Waals surface area contributed by atoms with E-state index in [1.54, 1.807) is 20.9 Å². The molecule has 0 aliphatic heterocycles. The predicted molar refractivity (Wildman–Crippen MR) is 58.7 cm³/mol. The molecule has 0 aromatic carbocycles. The van der Waals surface area contributed by atoms with Gasteiger partial charge >= 0.3 is 0 Å². The van der Waals surface area contributed by atoms with Gasteiger partial charge in [0, 0.05) is 20.1 Å². The molecule has 0 aliphatic carbocycles. The van der Waals surface area contributed by atoms with Crippen LogP contribution in [0.2, 0.25) is 0 Å². The van der Waals surface area contributed by atoms with Crippen LogP contribution < -0.4 is 0 Å². The van der Waals surface area contributed by atoms with Crippen molar-refractivity contribution in [3.63, 3.8) is 0 Å². The van der Waals surface area contributed by atoms with Gasteiger partial charge < -0.3 is 10.1 Å². The average Bonchev–Trinajstić information content (AvgIpc) is 2.30. The van der Waals surface area contributed by atoms with Gasteiger partial charge in [-0.2, -0.15) is 0 Å². The van der Waals surface area contributed by atoms with Crippen LogP contribution in [0.1, 0.15) is 13.8 Å². The van der Waals surface area contributed by atoms with Crippen LogP contribution in [0.3, 0.4) is 0 Å². The van der Waals surface area contributed by atoms with Gasteiger partial charge in [0.05, 0.1) is 0 Å². The Bertz CT molecular complexity index is 314. The van der Waals surface area contributed by atoms with Crippen molar-refractivity contribution in [2.24, 2.45) is 5.16 Å². The summed E-state index contributed by atoms with van der Waals surface area (Å²) < 4.78 is 0. The second-order valence-electron chi connectivity index (χ2n) is 3.01. The van der Waals surface area contributed by atoms with Gasteiger partial charge in [-0.15, -0.1) is 0 Å². The van der Waals surface area contributed by atoms with Gasteiger partial charge in [-0.25, -0.2) is 0 Å². The van der Waals surface area contributed by atoms with Crippen LogP contribution in [0.25, 0.3) is 0 Å². The lowest BCUT2D eigenvalue weighted by molar-refractivity contribution is -0.132. The summed E-state index contributed by atoms with van der Waals surface area (Å²) in [5, 5.41) is 19.1. The summed E-state index contributed by atoms with van der Waals surface area (Å²) in [5.74, 6) is -1.01. The van der Waals surface area contributed by atoms with E-state index in [-0.39, 0.29) is 12.4 Å². The second kappa shape index (κ2) is 6.54. The summed E-state index contributed by atoms with van der Waals surface area (Å²) in [5.41, 5.74) is -0.446. The van der Waals surface area contributed by atoms with Gasteiger partial charge in [0.15, 0.2) is 5.84 Å². The zero-order chi connectivity index (χ0) is 12.7. The first kappa shape index (κ1) is 14.1. The van der Waals surface area contributed by atoms with Crippen molar-refractivity contribution in [1.29, 1.82) is 5.41 Å². The summed E-state index contributed by atoms with van der Waals surface area (Å²) >= 11 is 0. The maximum atomic E-state index is 11.6. The topological polar surface area (TPSA) is 97.1 Å². The largest absolute Gasteiger partial charge is 0.410 e. The van der Waals surface area contributed by atoms with E-state index in [0.717, 1.165) is 4.90 Å². The minimum absolute atomic E-state index is 0.157. The maximum absolute atomic E-state index is 11.6. The van der Waals surface area contributed by atoms with E-state index in [9.17, 15) is 9.59 Å². The SMILES string of the molecule is CCN(C)C(=N)C(=NO)C(=O)N(C=O)CC. The Morgan fingerprint density at radius 2 is 2.00 bits per heavy atom. The number of hydrogen-bond acceptors (Lipinski definition) is 5. The fourth-order valence-electron chi connectivity index (χ4n) is 0.932. The molecule has 16 heavy (non-hydrogen) atoms. The molecule has 0 aliphatic rings. The smallest absolute Gasteiger partial charge is 0.286 e. The highest BCUT2D eigenvalue weighted by Crippen LogP contribution is 1.95. The average molecular weight is 228 g/mol. The molecule has 7 heteroatoms. The number of imide groups is 1. The molecule has 0 aromatic rings. The van der Waals surface area contributed by atoms with Crippen LogP contribution in [-0.2, 0) is 9.59 Å². The molecule has 0 heterocycles. The lowest BCUT2D eigenvalue weighted by Crippen LogP contribution is -2.44.